The Labute approximate surface area is 176 Å². The quantitative estimate of drug-likeness (QED) is 0.207. The number of hydrogen-bond donors (Lipinski definition) is 3. The van der Waals surface area contributed by atoms with Crippen molar-refractivity contribution in [3.8, 4) is 0 Å². The molecule has 0 bridgehead atoms. The molecule has 146 valence electrons. The van der Waals surface area contributed by atoms with E-state index in [1.54, 1.807) is 0 Å². The smallest absolute Gasteiger partial charge is 0.228 e. The molecule has 0 radical (unpaired) electrons. The van der Waals surface area contributed by atoms with E-state index in [-0.39, 0.29) is 11.0 Å². The van der Waals surface area contributed by atoms with Gasteiger partial charge in [0.2, 0.25) is 9.70 Å². The maximum Gasteiger partial charge on any atom is 0.228 e. The van der Waals surface area contributed by atoms with Crippen LogP contribution in [0.15, 0.2) is 24.3 Å². The number of unbranched alkanes of at least 4 members (excludes halogenated alkanes) is 4. The summed E-state index contributed by atoms with van der Waals surface area (Å²) in [6.45, 7) is 4.11. The van der Waals surface area contributed by atoms with Crippen LogP contribution in [0.3, 0.4) is 0 Å². The van der Waals surface area contributed by atoms with Gasteiger partial charge in [0, 0.05) is 12.1 Å². The van der Waals surface area contributed by atoms with E-state index in [9.17, 15) is 4.79 Å². The third kappa shape index (κ3) is 9.26. The average Bonchev–Trinajstić information content (AvgIpc) is 2.55. The monoisotopic (exact) mass is 437 g/mol. The minimum Gasteiger partial charge on any atom is -0.339 e. The van der Waals surface area contributed by atoms with Crippen LogP contribution in [0.25, 0.3) is 0 Å². The molecular formula is C18H26Cl3N3OS. The lowest BCUT2D eigenvalue weighted by Gasteiger charge is -2.28. The van der Waals surface area contributed by atoms with Crippen LogP contribution in [0.1, 0.15) is 51.0 Å². The Morgan fingerprint density at radius 1 is 1.12 bits per heavy atom. The van der Waals surface area contributed by atoms with Crippen LogP contribution in [-0.2, 0) is 4.79 Å². The molecule has 26 heavy (non-hydrogen) atoms. The number of carbonyl (C=O) groups excluding carboxylic acids is 1. The van der Waals surface area contributed by atoms with E-state index in [1.165, 1.54) is 6.42 Å². The van der Waals surface area contributed by atoms with E-state index in [1.807, 2.05) is 31.2 Å². The molecule has 8 heteroatoms. The summed E-state index contributed by atoms with van der Waals surface area (Å²) in [4.78, 5) is 12.1. The van der Waals surface area contributed by atoms with Crippen molar-refractivity contribution in [1.29, 1.82) is 0 Å². The van der Waals surface area contributed by atoms with Gasteiger partial charge in [0.25, 0.3) is 0 Å². The molecule has 1 aromatic carbocycles. The summed E-state index contributed by atoms with van der Waals surface area (Å²) in [6.07, 6.45) is 4.75. The molecule has 0 spiro atoms. The number of hydrogen-bond acceptors (Lipinski definition) is 2. The molecule has 0 saturated heterocycles. The minimum absolute atomic E-state index is 0.177. The van der Waals surface area contributed by atoms with Crippen LogP contribution >= 0.6 is 47.0 Å². The molecule has 0 aliphatic heterocycles. The van der Waals surface area contributed by atoms with Gasteiger partial charge in [0.05, 0.1) is 0 Å². The number of nitrogens with one attached hydrogen (secondary N) is 3. The van der Waals surface area contributed by atoms with Gasteiger partial charge in [-0.2, -0.15) is 0 Å². The molecule has 0 unspecified atom stereocenters. The van der Waals surface area contributed by atoms with E-state index < -0.39 is 9.96 Å². The number of carbonyl (C=O) groups is 1. The Bertz CT molecular complexity index is 593. The first-order valence-electron chi connectivity index (χ1n) is 8.73. The molecule has 4 nitrogen and oxygen atoms in total. The van der Waals surface area contributed by atoms with Gasteiger partial charge >= 0.3 is 0 Å². The summed E-state index contributed by atoms with van der Waals surface area (Å²) in [5.41, 5.74) is 1.87. The summed E-state index contributed by atoms with van der Waals surface area (Å²) in [5.74, 6) is -0.177. The van der Waals surface area contributed by atoms with Gasteiger partial charge < -0.3 is 16.0 Å². The highest BCUT2D eigenvalue weighted by atomic mass is 35.6. The number of alkyl halides is 3. The van der Waals surface area contributed by atoms with Gasteiger partial charge in [0.15, 0.2) is 5.11 Å². The summed E-state index contributed by atoms with van der Waals surface area (Å²) in [6, 6.07) is 7.67. The third-order valence-corrected chi connectivity index (χ3v) is 4.68. The van der Waals surface area contributed by atoms with E-state index in [2.05, 4.69) is 22.9 Å². The molecule has 0 aromatic heterocycles. The molecule has 0 aliphatic rings. The van der Waals surface area contributed by atoms with E-state index in [4.69, 9.17) is 47.0 Å². The second-order valence-electron chi connectivity index (χ2n) is 6.12. The van der Waals surface area contributed by atoms with Gasteiger partial charge in [-0.25, -0.2) is 0 Å². The van der Waals surface area contributed by atoms with Crippen LogP contribution in [0, 0.1) is 6.92 Å². The molecule has 1 rings (SSSR count). The lowest BCUT2D eigenvalue weighted by Crippen LogP contribution is -2.56. The molecule has 1 atom stereocenters. The minimum atomic E-state index is -1.74. The highest BCUT2D eigenvalue weighted by Gasteiger charge is 2.34. The zero-order valence-electron chi connectivity index (χ0n) is 15.1. The second kappa shape index (κ2) is 11.9. The predicted octanol–water partition coefficient (Wildman–Crippen LogP) is 5.45. The average molecular weight is 439 g/mol. The van der Waals surface area contributed by atoms with Crippen LogP contribution < -0.4 is 16.0 Å². The Balaban J connectivity index is 2.54. The number of benzene rings is 1. The van der Waals surface area contributed by atoms with Gasteiger partial charge in [-0.3, -0.25) is 4.79 Å². The molecular weight excluding hydrogens is 413 g/mol. The van der Waals surface area contributed by atoms with E-state index in [0.717, 1.165) is 36.9 Å². The third-order valence-electron chi connectivity index (χ3n) is 3.81. The molecule has 0 aliphatic carbocycles. The number of thiocarbonyl (C=S) groups is 1. The lowest BCUT2D eigenvalue weighted by molar-refractivity contribution is -0.122. The fourth-order valence-corrected chi connectivity index (χ4v) is 2.88. The van der Waals surface area contributed by atoms with Crippen molar-refractivity contribution in [1.82, 2.24) is 10.6 Å². The summed E-state index contributed by atoms with van der Waals surface area (Å²) >= 11 is 23.3. The predicted molar refractivity (Wildman–Crippen MR) is 116 cm³/mol. The Morgan fingerprint density at radius 2 is 1.77 bits per heavy atom. The van der Waals surface area contributed by atoms with E-state index in [0.29, 0.717) is 6.42 Å². The van der Waals surface area contributed by atoms with Crippen LogP contribution in [0.4, 0.5) is 5.69 Å². The van der Waals surface area contributed by atoms with Gasteiger partial charge in [-0.05, 0) is 37.2 Å². The zero-order chi connectivity index (χ0) is 19.6. The Hall–Kier alpha value is -0.750. The second-order valence-corrected chi connectivity index (χ2v) is 8.90. The number of aryl methyl sites for hydroxylation is 1. The van der Waals surface area contributed by atoms with Crippen molar-refractivity contribution in [3.05, 3.63) is 29.8 Å². The fraction of sp³-hybridized carbons (Fsp3) is 0.556. The van der Waals surface area contributed by atoms with Gasteiger partial charge in [-0.1, -0.05) is 85.6 Å². The molecule has 0 saturated carbocycles. The van der Waals surface area contributed by atoms with Crippen molar-refractivity contribution in [2.75, 3.05) is 5.32 Å². The van der Waals surface area contributed by atoms with Crippen molar-refractivity contribution in [3.63, 3.8) is 0 Å². The maximum absolute atomic E-state index is 12.1. The number of anilines is 1. The molecule has 3 N–H and O–H groups in total. The normalized spacial score (nSPS) is 12.3. The number of rotatable bonds is 9. The van der Waals surface area contributed by atoms with E-state index >= 15 is 0 Å². The Morgan fingerprint density at radius 3 is 2.38 bits per heavy atom. The van der Waals surface area contributed by atoms with Crippen LogP contribution in [0.2, 0.25) is 0 Å². The van der Waals surface area contributed by atoms with Crippen LogP contribution in [-0.4, -0.2) is 21.0 Å². The first-order valence-corrected chi connectivity index (χ1v) is 10.3. The highest BCUT2D eigenvalue weighted by Crippen LogP contribution is 2.29. The molecule has 1 amide bonds. The van der Waals surface area contributed by atoms with Crippen LogP contribution in [0.5, 0.6) is 0 Å². The zero-order valence-corrected chi connectivity index (χ0v) is 18.2. The molecule has 0 fully saturated rings. The fourth-order valence-electron chi connectivity index (χ4n) is 2.32. The maximum atomic E-state index is 12.1. The Kier molecular flexibility index (Phi) is 10.6. The molecule has 1 aromatic rings. The van der Waals surface area contributed by atoms with Crippen molar-refractivity contribution < 1.29 is 4.79 Å². The standard InChI is InChI=1S/C18H26Cl3N3OS/c1-3-4-5-6-7-12-15(25)23-16(18(19,20)21)24-17(26)22-14-11-9-8-10-13(14)2/h8-11,16H,3-7,12H2,1-2H3,(H,23,25)(H2,22,24,26)/t16-/m1/s1. The summed E-state index contributed by atoms with van der Waals surface area (Å²) in [7, 11) is 0. The first-order chi connectivity index (χ1) is 12.2. The van der Waals surface area contributed by atoms with Crippen molar-refractivity contribution in [2.45, 2.75) is 62.3 Å². The first kappa shape index (κ1) is 23.3. The van der Waals surface area contributed by atoms with Crippen molar-refractivity contribution in [2.24, 2.45) is 0 Å². The van der Waals surface area contributed by atoms with Crippen molar-refractivity contribution >= 4 is 63.7 Å². The topological polar surface area (TPSA) is 53.2 Å². The summed E-state index contributed by atoms with van der Waals surface area (Å²) < 4.78 is -1.74. The summed E-state index contributed by atoms with van der Waals surface area (Å²) in [5, 5.41) is 8.88. The van der Waals surface area contributed by atoms with Gasteiger partial charge in [0.1, 0.15) is 6.17 Å². The number of para-hydroxylation sites is 1. The lowest BCUT2D eigenvalue weighted by atomic mass is 10.1. The van der Waals surface area contributed by atoms with Gasteiger partial charge in [-0.15, -0.1) is 0 Å². The number of amides is 1. The number of halogens is 3. The largest absolute Gasteiger partial charge is 0.339 e. The SMILES string of the molecule is CCCCCCCC(=O)N[C@H](NC(=S)Nc1ccccc1C)C(Cl)(Cl)Cl. The molecule has 0 heterocycles. The highest BCUT2D eigenvalue weighted by molar-refractivity contribution is 7.80.